The molecule has 0 atom stereocenters. The van der Waals surface area contributed by atoms with Crippen molar-refractivity contribution in [1.29, 1.82) is 0 Å². The van der Waals surface area contributed by atoms with Crippen molar-refractivity contribution >= 4 is 11.6 Å². The molecule has 1 fully saturated rings. The molecule has 1 aromatic heterocycles. The minimum atomic E-state index is -0.196. The van der Waals surface area contributed by atoms with Crippen molar-refractivity contribution in [3.05, 3.63) is 47.5 Å². The molecule has 0 amide bonds. The molecule has 1 saturated heterocycles. The van der Waals surface area contributed by atoms with E-state index in [2.05, 4.69) is 27.1 Å². The highest BCUT2D eigenvalue weighted by molar-refractivity contribution is 5.49. The number of piperidine rings is 1. The lowest BCUT2D eigenvalue weighted by atomic mass is 9.99. The molecule has 0 unspecified atom stereocenters. The van der Waals surface area contributed by atoms with Crippen molar-refractivity contribution in [2.75, 3.05) is 29.9 Å². The van der Waals surface area contributed by atoms with Crippen LogP contribution in [0.3, 0.4) is 0 Å². The third kappa shape index (κ3) is 4.43. The first-order valence-corrected chi connectivity index (χ1v) is 8.69. The molecule has 2 aromatic rings. The van der Waals surface area contributed by atoms with Crippen LogP contribution in [-0.4, -0.2) is 29.6 Å². The van der Waals surface area contributed by atoms with Gasteiger partial charge < -0.3 is 10.2 Å². The Labute approximate surface area is 143 Å². The summed E-state index contributed by atoms with van der Waals surface area (Å²) in [5, 5.41) is 3.37. The molecule has 0 radical (unpaired) electrons. The van der Waals surface area contributed by atoms with Crippen LogP contribution in [0.15, 0.2) is 30.3 Å². The van der Waals surface area contributed by atoms with Crippen molar-refractivity contribution in [2.24, 2.45) is 5.92 Å². The van der Waals surface area contributed by atoms with Crippen molar-refractivity contribution in [2.45, 2.75) is 33.1 Å². The largest absolute Gasteiger partial charge is 0.370 e. The first-order valence-electron chi connectivity index (χ1n) is 8.69. The minimum Gasteiger partial charge on any atom is -0.370 e. The van der Waals surface area contributed by atoms with Gasteiger partial charge in [0.15, 0.2) is 0 Å². The zero-order valence-corrected chi connectivity index (χ0v) is 14.4. The maximum absolute atomic E-state index is 12.9. The molecule has 0 saturated carbocycles. The van der Waals surface area contributed by atoms with Gasteiger partial charge in [-0.2, -0.15) is 0 Å². The van der Waals surface area contributed by atoms with Crippen molar-refractivity contribution < 1.29 is 4.39 Å². The Kier molecular flexibility index (Phi) is 5.28. The molecule has 1 aliphatic heterocycles. The Bertz CT molecular complexity index is 664. The Morgan fingerprint density at radius 1 is 1.17 bits per heavy atom. The van der Waals surface area contributed by atoms with Crippen molar-refractivity contribution in [1.82, 2.24) is 9.97 Å². The average Bonchev–Trinajstić information content (AvgIpc) is 2.57. The highest BCUT2D eigenvalue weighted by Crippen LogP contribution is 2.23. The number of aryl methyl sites for hydroxylation is 1. The predicted molar refractivity (Wildman–Crippen MR) is 96.0 cm³/mol. The van der Waals surface area contributed by atoms with Crippen molar-refractivity contribution in [3.63, 3.8) is 0 Å². The van der Waals surface area contributed by atoms with Gasteiger partial charge >= 0.3 is 0 Å². The molecule has 0 aliphatic carbocycles. The summed E-state index contributed by atoms with van der Waals surface area (Å²) in [6, 6.07) is 8.68. The first-order chi connectivity index (χ1) is 11.6. The average molecular weight is 328 g/mol. The van der Waals surface area contributed by atoms with Gasteiger partial charge in [-0.25, -0.2) is 14.4 Å². The molecule has 0 bridgehead atoms. The lowest BCUT2D eigenvalue weighted by Crippen LogP contribution is -2.33. The number of hydrogen-bond acceptors (Lipinski definition) is 4. The maximum atomic E-state index is 12.9. The van der Waals surface area contributed by atoms with Crippen LogP contribution in [0, 0.1) is 18.7 Å². The monoisotopic (exact) mass is 328 g/mol. The SMILES string of the molecule is Cc1nc(NCCc2ccc(F)cc2)cc(N2CCC(C)CC2)n1. The van der Waals surface area contributed by atoms with Crippen LogP contribution in [-0.2, 0) is 6.42 Å². The van der Waals surface area contributed by atoms with E-state index in [9.17, 15) is 4.39 Å². The van der Waals surface area contributed by atoms with Gasteiger partial charge in [0.2, 0.25) is 0 Å². The zero-order chi connectivity index (χ0) is 16.9. The fraction of sp³-hybridized carbons (Fsp3) is 0.474. The summed E-state index contributed by atoms with van der Waals surface area (Å²) in [6.07, 6.45) is 3.27. The number of nitrogens with zero attached hydrogens (tertiary/aromatic N) is 3. The van der Waals surface area contributed by atoms with Crippen molar-refractivity contribution in [3.8, 4) is 0 Å². The molecular formula is C19H25FN4. The summed E-state index contributed by atoms with van der Waals surface area (Å²) in [5.41, 5.74) is 1.11. The van der Waals surface area contributed by atoms with E-state index < -0.39 is 0 Å². The molecule has 5 heteroatoms. The van der Waals surface area contributed by atoms with Gasteiger partial charge in [0.25, 0.3) is 0 Å². The van der Waals surface area contributed by atoms with E-state index in [1.165, 1.54) is 25.0 Å². The van der Waals surface area contributed by atoms with Gasteiger partial charge in [-0.3, -0.25) is 0 Å². The van der Waals surface area contributed by atoms with Crippen LogP contribution in [0.1, 0.15) is 31.2 Å². The highest BCUT2D eigenvalue weighted by atomic mass is 19.1. The van der Waals surface area contributed by atoms with E-state index in [4.69, 9.17) is 0 Å². The Morgan fingerprint density at radius 3 is 2.58 bits per heavy atom. The lowest BCUT2D eigenvalue weighted by Gasteiger charge is -2.31. The topological polar surface area (TPSA) is 41.1 Å². The second kappa shape index (κ2) is 7.60. The van der Waals surface area contributed by atoms with Crippen LogP contribution in [0.25, 0.3) is 0 Å². The van der Waals surface area contributed by atoms with E-state index in [-0.39, 0.29) is 5.82 Å². The first kappa shape index (κ1) is 16.7. The molecule has 0 spiro atoms. The smallest absolute Gasteiger partial charge is 0.134 e. The number of halogens is 1. The van der Waals surface area contributed by atoms with Gasteiger partial charge in [-0.15, -0.1) is 0 Å². The maximum Gasteiger partial charge on any atom is 0.134 e. The molecule has 1 aliphatic rings. The molecule has 4 nitrogen and oxygen atoms in total. The van der Waals surface area contributed by atoms with Gasteiger partial charge in [0, 0.05) is 25.7 Å². The fourth-order valence-electron chi connectivity index (χ4n) is 3.03. The Morgan fingerprint density at radius 2 is 1.88 bits per heavy atom. The van der Waals surface area contributed by atoms with Gasteiger partial charge in [-0.1, -0.05) is 19.1 Å². The summed E-state index contributed by atoms with van der Waals surface area (Å²) >= 11 is 0. The van der Waals surface area contributed by atoms with Gasteiger partial charge in [0.05, 0.1) is 0 Å². The normalized spacial score (nSPS) is 15.5. The van der Waals surface area contributed by atoms with Gasteiger partial charge in [0.1, 0.15) is 23.3 Å². The van der Waals surface area contributed by atoms with Crippen LogP contribution < -0.4 is 10.2 Å². The summed E-state index contributed by atoms with van der Waals surface area (Å²) in [5.74, 6) is 3.27. The number of hydrogen-bond donors (Lipinski definition) is 1. The third-order valence-corrected chi connectivity index (χ3v) is 4.57. The summed E-state index contributed by atoms with van der Waals surface area (Å²) in [7, 11) is 0. The predicted octanol–water partition coefficient (Wildman–Crippen LogP) is 3.82. The minimum absolute atomic E-state index is 0.196. The molecule has 128 valence electrons. The standard InChI is InChI=1S/C19H25FN4/c1-14-8-11-24(12-9-14)19-13-18(22-15(2)23-19)21-10-7-16-3-5-17(20)6-4-16/h3-6,13-14H,7-12H2,1-2H3,(H,21,22,23). The molecular weight excluding hydrogens is 303 g/mol. The Hall–Kier alpha value is -2.17. The van der Waals surface area contributed by atoms with Crippen LogP contribution in [0.2, 0.25) is 0 Å². The quantitative estimate of drug-likeness (QED) is 0.906. The summed E-state index contributed by atoms with van der Waals surface area (Å²) in [6.45, 7) is 7.13. The summed E-state index contributed by atoms with van der Waals surface area (Å²) < 4.78 is 12.9. The van der Waals surface area contributed by atoms with E-state index in [0.29, 0.717) is 0 Å². The van der Waals surface area contributed by atoms with Crippen LogP contribution in [0.4, 0.5) is 16.0 Å². The fourth-order valence-corrected chi connectivity index (χ4v) is 3.03. The van der Waals surface area contributed by atoms with E-state index >= 15 is 0 Å². The van der Waals surface area contributed by atoms with E-state index in [1.54, 1.807) is 0 Å². The zero-order valence-electron chi connectivity index (χ0n) is 14.4. The molecule has 3 rings (SSSR count). The molecule has 24 heavy (non-hydrogen) atoms. The lowest BCUT2D eigenvalue weighted by molar-refractivity contribution is 0.436. The third-order valence-electron chi connectivity index (χ3n) is 4.57. The van der Waals surface area contributed by atoms with Crippen LogP contribution >= 0.6 is 0 Å². The van der Waals surface area contributed by atoms with E-state index in [0.717, 1.165) is 55.0 Å². The summed E-state index contributed by atoms with van der Waals surface area (Å²) in [4.78, 5) is 11.4. The highest BCUT2D eigenvalue weighted by Gasteiger charge is 2.17. The Balaban J connectivity index is 1.60. The van der Waals surface area contributed by atoms with E-state index in [1.807, 2.05) is 25.1 Å². The number of rotatable bonds is 5. The number of anilines is 2. The second-order valence-electron chi connectivity index (χ2n) is 6.63. The molecule has 2 heterocycles. The number of aromatic nitrogens is 2. The van der Waals surface area contributed by atoms with Gasteiger partial charge in [-0.05, 0) is 49.8 Å². The number of nitrogens with one attached hydrogen (secondary N) is 1. The molecule has 1 aromatic carbocycles. The van der Waals surface area contributed by atoms with Crippen LogP contribution in [0.5, 0.6) is 0 Å². The number of benzene rings is 1. The second-order valence-corrected chi connectivity index (χ2v) is 6.63. The molecule has 1 N–H and O–H groups in total.